The Kier molecular flexibility index (Phi) is 37.1. The van der Waals surface area contributed by atoms with Gasteiger partial charge in [-0.25, -0.2) is 17.6 Å². The normalized spacial score (nSPS) is 16.1. The summed E-state index contributed by atoms with van der Waals surface area (Å²) in [5, 5.41) is 9.18. The van der Waals surface area contributed by atoms with E-state index in [-0.39, 0.29) is 33.3 Å². The molecule has 0 atom stereocenters. The lowest BCUT2D eigenvalue weighted by Gasteiger charge is -2.45. The zero-order valence-corrected chi connectivity index (χ0v) is 90.5. The summed E-state index contributed by atoms with van der Waals surface area (Å²) in [5.74, 6) is 1.52. The Morgan fingerprint density at radius 2 is 0.490 bits per heavy atom. The summed E-state index contributed by atoms with van der Waals surface area (Å²) in [6.45, 7) is 20.1. The van der Waals surface area contributed by atoms with Crippen molar-refractivity contribution in [3.8, 4) is 28.3 Å². The summed E-state index contributed by atoms with van der Waals surface area (Å²) in [7, 11) is 0. The second kappa shape index (κ2) is 51.3. The van der Waals surface area contributed by atoms with Gasteiger partial charge in [-0.2, -0.15) is 5.26 Å². The van der Waals surface area contributed by atoms with Gasteiger partial charge in [-0.15, -0.1) is 0 Å². The van der Waals surface area contributed by atoms with Crippen LogP contribution in [0.3, 0.4) is 0 Å². The van der Waals surface area contributed by atoms with Crippen LogP contribution in [0.25, 0.3) is 22.3 Å². The summed E-state index contributed by atoms with van der Waals surface area (Å²) in [6.07, 6.45) is 39.4. The molecular formula is C144H159F4N. The van der Waals surface area contributed by atoms with E-state index < -0.39 is 11.6 Å². The monoisotopic (exact) mass is 1980 g/mol. The van der Waals surface area contributed by atoms with Crippen molar-refractivity contribution < 1.29 is 17.6 Å². The first kappa shape index (κ1) is 108. The fourth-order valence-corrected chi connectivity index (χ4v) is 26.9. The van der Waals surface area contributed by atoms with Gasteiger partial charge in [0.1, 0.15) is 11.6 Å². The van der Waals surface area contributed by atoms with Crippen LogP contribution in [-0.2, 0) is 85.9 Å². The van der Waals surface area contributed by atoms with Gasteiger partial charge < -0.3 is 0 Å². The van der Waals surface area contributed by atoms with E-state index in [9.17, 15) is 18.4 Å². The first-order valence-electron chi connectivity index (χ1n) is 57.5. The van der Waals surface area contributed by atoms with Crippen LogP contribution in [0.2, 0.25) is 0 Å². The molecule has 5 heteroatoms. The average Bonchev–Trinajstić information content (AvgIpc) is 0.739. The molecule has 0 saturated heterocycles. The molecule has 0 heterocycles. The molecule has 149 heavy (non-hydrogen) atoms. The average molecular weight is 1980 g/mol. The molecule has 5 aliphatic carbocycles. The van der Waals surface area contributed by atoms with Crippen molar-refractivity contribution in [3.63, 3.8) is 0 Å². The van der Waals surface area contributed by atoms with Gasteiger partial charge in [-0.1, -0.05) is 474 Å². The van der Waals surface area contributed by atoms with Crippen molar-refractivity contribution in [2.24, 2.45) is 29.6 Å². The van der Waals surface area contributed by atoms with E-state index in [1.165, 1.54) is 259 Å². The van der Waals surface area contributed by atoms with Gasteiger partial charge in [-0.05, 0) is 339 Å². The van der Waals surface area contributed by atoms with E-state index in [1.54, 1.807) is 24.3 Å². The van der Waals surface area contributed by atoms with Gasteiger partial charge in [0.15, 0.2) is 11.6 Å². The zero-order chi connectivity index (χ0) is 104. The third-order valence-electron chi connectivity index (χ3n) is 35.7. The molecule has 0 spiro atoms. The van der Waals surface area contributed by atoms with Crippen molar-refractivity contribution in [2.45, 2.75) is 308 Å². The topological polar surface area (TPSA) is 23.8 Å². The molecular weight excluding hydrogens is 1820 g/mol. The standard InChI is InChI=1S/C37H40F2.C36H45F.C36H37N.C35H37F/c1-3-27-14-21-32(22-15-27)37(31-10-6-5-7-11-31,33-23-16-28(4-2)17-24-33)34-25-18-29(19-26-34)13-20-30-9-8-12-35(38)36(30)39;1-4-27-13-19-31(20-14-27)36(30-9-7-6-8-10-30,32-21-15-28(5-2)16-22-32)33-23-24-34(35(37)25-33)29-17-11-26(3)12-18-29;1-3-27-12-20-33(21-13-27)36(32-8-6-5-7-9-32,34-22-14-28(4-2)15-23-34)35-24-18-31(19-25-35)30-16-10-29(26-37)11-17-30;1-3-26-14-20-30(21-15-26)35(29-10-6-5-7-11-29,31-22-16-27(4-2)17-23-31)32-24-18-28(19-25-32)33-12-8-9-13-34(33)36/h8-9,12,14-19,21-26,31H,3-7,10-11,13,20H2,1-2H3;13-16,19-26,29-30H,4-12,17-18H2,1-3H3;10-25,32H,3-9H2,1-2H3;8-9,12-25,29H,3-7,10-11H2,1-2H3. The largest absolute Gasteiger partial charge is 0.207 e. The van der Waals surface area contributed by atoms with Gasteiger partial charge in [0.2, 0.25) is 0 Å². The third-order valence-corrected chi connectivity index (χ3v) is 35.7. The first-order chi connectivity index (χ1) is 73.0. The third kappa shape index (κ3) is 23.8. The predicted molar refractivity (Wildman–Crippen MR) is 618 cm³/mol. The van der Waals surface area contributed by atoms with E-state index in [0.29, 0.717) is 59.1 Å². The van der Waals surface area contributed by atoms with Crippen molar-refractivity contribution in [1.29, 1.82) is 5.26 Å². The molecule has 5 aliphatic rings. The SMILES string of the molecule is CCc1ccc(C(c2ccc(CC)cc2)(c2ccc(-c3ccc(C#N)cc3)cc2)C2CCCCC2)cc1.CCc1ccc(C(c2ccc(CC)cc2)(c2ccc(-c3ccccc3F)cc2)C2CCCCC2)cc1.CCc1ccc(C(c2ccc(CC)cc2)(c2ccc(C3CCC(C)CC3)c(F)c2)C2CCCCC2)cc1.CCc1ccc(C(c2ccc(CC)cc2)(c2ccc(CCc3cccc(F)c3F)cc2)C2CCCCC2)cc1. The van der Waals surface area contributed by atoms with Crippen LogP contribution < -0.4 is 0 Å². The highest BCUT2D eigenvalue weighted by Gasteiger charge is 2.49. The number of hydrogen-bond acceptors (Lipinski definition) is 1. The molecule has 20 rings (SSSR count). The fourth-order valence-electron chi connectivity index (χ4n) is 26.9. The van der Waals surface area contributed by atoms with Crippen molar-refractivity contribution in [1.82, 2.24) is 0 Å². The van der Waals surface area contributed by atoms with Crippen LogP contribution in [0.15, 0.2) is 352 Å². The molecule has 5 fully saturated rings. The van der Waals surface area contributed by atoms with Crippen LogP contribution in [0, 0.1) is 64.2 Å². The van der Waals surface area contributed by atoms with E-state index in [2.05, 4.69) is 360 Å². The Labute approximate surface area is 891 Å². The molecule has 1 nitrogen and oxygen atoms in total. The van der Waals surface area contributed by atoms with Crippen LogP contribution in [0.4, 0.5) is 17.6 Å². The predicted octanol–water partition coefficient (Wildman–Crippen LogP) is 38.7. The lowest BCUT2D eigenvalue weighted by atomic mass is 9.58. The molecule has 768 valence electrons. The van der Waals surface area contributed by atoms with Gasteiger partial charge in [0, 0.05) is 27.2 Å². The van der Waals surface area contributed by atoms with E-state index in [0.717, 1.165) is 97.9 Å². The Balaban J connectivity index is 0.000000135. The lowest BCUT2D eigenvalue weighted by molar-refractivity contribution is 0.270. The highest BCUT2D eigenvalue weighted by atomic mass is 19.2. The first-order valence-corrected chi connectivity index (χ1v) is 57.5. The molecule has 0 aliphatic heterocycles. The van der Waals surface area contributed by atoms with E-state index in [1.807, 2.05) is 30.3 Å². The van der Waals surface area contributed by atoms with Crippen molar-refractivity contribution in [2.75, 3.05) is 0 Å². The fraction of sp³-hybridized carbons (Fsp3) is 0.368. The molecule has 0 aromatic heterocycles. The maximum Gasteiger partial charge on any atom is 0.162 e. The number of rotatable bonds is 30. The molecule has 0 amide bonds. The van der Waals surface area contributed by atoms with Crippen LogP contribution in [-0.4, -0.2) is 0 Å². The molecule has 15 aromatic carbocycles. The number of aryl methyl sites for hydroxylation is 10. The summed E-state index contributed by atoms with van der Waals surface area (Å²) in [6, 6.07) is 130. The van der Waals surface area contributed by atoms with Gasteiger partial charge in [0.05, 0.1) is 11.6 Å². The highest BCUT2D eigenvalue weighted by Crippen LogP contribution is 2.57. The van der Waals surface area contributed by atoms with Gasteiger partial charge in [-0.3, -0.25) is 0 Å². The maximum absolute atomic E-state index is 16.1. The molecule has 5 saturated carbocycles. The maximum atomic E-state index is 16.1. The number of hydrogen-bond donors (Lipinski definition) is 0. The van der Waals surface area contributed by atoms with E-state index >= 15 is 4.39 Å². The summed E-state index contributed by atoms with van der Waals surface area (Å²) < 4.78 is 58.6. The molecule has 15 aromatic rings. The summed E-state index contributed by atoms with van der Waals surface area (Å²) in [5.41, 5.74) is 33.2. The smallest absolute Gasteiger partial charge is 0.162 e. The van der Waals surface area contributed by atoms with Crippen LogP contribution in [0.1, 0.15) is 356 Å². The Hall–Kier alpha value is -12.5. The minimum Gasteiger partial charge on any atom is -0.207 e. The minimum atomic E-state index is -0.775. The van der Waals surface area contributed by atoms with Crippen LogP contribution >= 0.6 is 0 Å². The quantitative estimate of drug-likeness (QED) is 0.0325. The molecule has 0 unspecified atom stereocenters. The molecule has 0 radical (unpaired) electrons. The number of nitriles is 1. The highest BCUT2D eigenvalue weighted by molar-refractivity contribution is 5.69. The van der Waals surface area contributed by atoms with Crippen molar-refractivity contribution >= 4 is 0 Å². The summed E-state index contributed by atoms with van der Waals surface area (Å²) in [4.78, 5) is 0. The molecule has 0 bridgehead atoms. The number of benzene rings is 15. The van der Waals surface area contributed by atoms with Gasteiger partial charge >= 0.3 is 0 Å². The Bertz CT molecular complexity index is 6550. The summed E-state index contributed by atoms with van der Waals surface area (Å²) >= 11 is 0. The number of nitrogens with zero attached hydrogens (tertiary/aromatic N) is 1. The lowest BCUT2D eigenvalue weighted by Crippen LogP contribution is -2.39. The second-order valence-electron chi connectivity index (χ2n) is 43.9. The van der Waals surface area contributed by atoms with Crippen molar-refractivity contribution in [3.05, 3.63) is 509 Å². The Morgan fingerprint density at radius 1 is 0.235 bits per heavy atom. The van der Waals surface area contributed by atoms with Gasteiger partial charge in [0.25, 0.3) is 0 Å². The van der Waals surface area contributed by atoms with Crippen LogP contribution in [0.5, 0.6) is 0 Å². The minimum absolute atomic E-state index is 0.00703. The second-order valence-corrected chi connectivity index (χ2v) is 43.9. The Morgan fingerprint density at radius 3 is 0.772 bits per heavy atom. The van der Waals surface area contributed by atoms with E-state index in [4.69, 9.17) is 0 Å². The molecule has 0 N–H and O–H groups in total. The number of halogens is 4. The zero-order valence-electron chi connectivity index (χ0n) is 90.5.